The molecule has 0 aliphatic rings. The van der Waals surface area contributed by atoms with E-state index in [1.165, 1.54) is 13.8 Å². The van der Waals surface area contributed by atoms with Gasteiger partial charge in [-0.3, -0.25) is 4.79 Å². The van der Waals surface area contributed by atoms with Crippen molar-refractivity contribution in [2.75, 3.05) is 6.61 Å². The van der Waals surface area contributed by atoms with Crippen molar-refractivity contribution in [1.29, 1.82) is 0 Å². The van der Waals surface area contributed by atoms with Crippen molar-refractivity contribution < 1.29 is 14.3 Å². The molecule has 0 spiro atoms. The molecule has 0 saturated heterocycles. The largest absolute Gasteiger partial charge is 0.395 e. The Kier molecular flexibility index (Phi) is 3.45. The number of aliphatic hydroxyl groups is 1. The van der Waals surface area contributed by atoms with E-state index in [1.54, 1.807) is 0 Å². The molecule has 66 valence electrons. The third-order valence-corrected chi connectivity index (χ3v) is 1.68. The fourth-order valence-electron chi connectivity index (χ4n) is 0.864. The maximum atomic E-state index is 12.4. The Morgan fingerprint density at radius 2 is 2.27 bits per heavy atom. The van der Waals surface area contributed by atoms with Crippen LogP contribution in [0.15, 0.2) is 0 Å². The van der Waals surface area contributed by atoms with Crippen LogP contribution in [0.3, 0.4) is 0 Å². The second-order valence-electron chi connectivity index (χ2n) is 3.07. The number of halogens is 1. The number of nitrogens with two attached hydrogens (primary N) is 1. The SMILES string of the molecule is CC(F)CC(C)(CO)C(N)=O. The zero-order valence-electron chi connectivity index (χ0n) is 6.80. The minimum Gasteiger partial charge on any atom is -0.395 e. The molecule has 0 saturated carbocycles. The van der Waals surface area contributed by atoms with Crippen LogP contribution in [-0.4, -0.2) is 23.8 Å². The second kappa shape index (κ2) is 3.67. The molecule has 0 fully saturated rings. The van der Waals surface area contributed by atoms with Crippen LogP contribution in [0.25, 0.3) is 0 Å². The Bertz CT molecular complexity index is 149. The molecule has 0 aliphatic carbocycles. The van der Waals surface area contributed by atoms with E-state index in [0.717, 1.165) is 0 Å². The van der Waals surface area contributed by atoms with E-state index >= 15 is 0 Å². The highest BCUT2D eigenvalue weighted by Crippen LogP contribution is 2.22. The molecule has 0 aromatic heterocycles. The number of carbonyl (C=O) groups is 1. The van der Waals surface area contributed by atoms with Gasteiger partial charge in [0.2, 0.25) is 5.91 Å². The minimum atomic E-state index is -1.13. The first kappa shape index (κ1) is 10.4. The lowest BCUT2D eigenvalue weighted by atomic mass is 9.85. The van der Waals surface area contributed by atoms with Crippen LogP contribution < -0.4 is 5.73 Å². The van der Waals surface area contributed by atoms with Crippen molar-refractivity contribution in [2.24, 2.45) is 11.1 Å². The van der Waals surface area contributed by atoms with E-state index in [2.05, 4.69) is 0 Å². The summed E-state index contributed by atoms with van der Waals surface area (Å²) < 4.78 is 12.4. The first-order valence-electron chi connectivity index (χ1n) is 3.47. The lowest BCUT2D eigenvalue weighted by molar-refractivity contribution is -0.130. The molecule has 0 aliphatic heterocycles. The van der Waals surface area contributed by atoms with Gasteiger partial charge in [-0.25, -0.2) is 4.39 Å². The van der Waals surface area contributed by atoms with Crippen LogP contribution >= 0.6 is 0 Å². The van der Waals surface area contributed by atoms with E-state index < -0.39 is 24.1 Å². The van der Waals surface area contributed by atoms with Gasteiger partial charge in [0.05, 0.1) is 18.2 Å². The smallest absolute Gasteiger partial charge is 0.225 e. The second-order valence-corrected chi connectivity index (χ2v) is 3.07. The summed E-state index contributed by atoms with van der Waals surface area (Å²) in [5.74, 6) is -0.662. The summed E-state index contributed by atoms with van der Waals surface area (Å²) in [6.45, 7) is 2.37. The molecule has 0 heterocycles. The van der Waals surface area contributed by atoms with Gasteiger partial charge in [0.1, 0.15) is 0 Å². The minimum absolute atomic E-state index is 0.0289. The van der Waals surface area contributed by atoms with Gasteiger partial charge in [-0.05, 0) is 20.3 Å². The molecule has 2 atom stereocenters. The van der Waals surface area contributed by atoms with Gasteiger partial charge in [0.25, 0.3) is 0 Å². The number of hydrogen-bond acceptors (Lipinski definition) is 2. The molecular weight excluding hydrogens is 149 g/mol. The summed E-state index contributed by atoms with van der Waals surface area (Å²) in [6, 6.07) is 0. The Hall–Kier alpha value is -0.640. The fourth-order valence-corrected chi connectivity index (χ4v) is 0.864. The van der Waals surface area contributed by atoms with Gasteiger partial charge < -0.3 is 10.8 Å². The number of amides is 1. The summed E-state index contributed by atoms with van der Waals surface area (Å²) in [5.41, 5.74) is 3.85. The van der Waals surface area contributed by atoms with Crippen LogP contribution in [0.4, 0.5) is 4.39 Å². The van der Waals surface area contributed by atoms with E-state index in [0.29, 0.717) is 0 Å². The van der Waals surface area contributed by atoms with Crippen LogP contribution in [0, 0.1) is 5.41 Å². The standard InChI is InChI=1S/C7H14FNO2/c1-5(8)3-7(2,4-10)6(9)11/h5,10H,3-4H2,1-2H3,(H2,9,11). The molecule has 0 aromatic carbocycles. The quantitative estimate of drug-likeness (QED) is 0.622. The molecule has 0 aromatic rings. The van der Waals surface area contributed by atoms with Gasteiger partial charge in [0.15, 0.2) is 0 Å². The van der Waals surface area contributed by atoms with Crippen molar-refractivity contribution in [3.05, 3.63) is 0 Å². The fraction of sp³-hybridized carbons (Fsp3) is 0.857. The summed E-state index contributed by atoms with van der Waals surface area (Å²) in [6.07, 6.45) is -1.15. The van der Waals surface area contributed by atoms with Crippen molar-refractivity contribution in [1.82, 2.24) is 0 Å². The molecule has 3 N–H and O–H groups in total. The predicted octanol–water partition coefficient (Wildman–Crippen LogP) is 0.218. The lowest BCUT2D eigenvalue weighted by Crippen LogP contribution is -2.39. The van der Waals surface area contributed by atoms with E-state index in [4.69, 9.17) is 10.8 Å². The maximum Gasteiger partial charge on any atom is 0.225 e. The van der Waals surface area contributed by atoms with Gasteiger partial charge in [-0.2, -0.15) is 0 Å². The lowest BCUT2D eigenvalue weighted by Gasteiger charge is -2.23. The molecular formula is C7H14FNO2. The average Bonchev–Trinajstić information content (AvgIpc) is 1.86. The van der Waals surface area contributed by atoms with Crippen molar-refractivity contribution in [3.8, 4) is 0 Å². The van der Waals surface area contributed by atoms with Gasteiger partial charge >= 0.3 is 0 Å². The Labute approximate surface area is 65.4 Å². The molecule has 11 heavy (non-hydrogen) atoms. The van der Waals surface area contributed by atoms with E-state index in [-0.39, 0.29) is 6.42 Å². The molecule has 2 unspecified atom stereocenters. The van der Waals surface area contributed by atoms with Crippen LogP contribution in [-0.2, 0) is 4.79 Å². The summed E-state index contributed by atoms with van der Waals surface area (Å²) in [4.78, 5) is 10.7. The normalized spacial score (nSPS) is 18.9. The van der Waals surface area contributed by atoms with Crippen molar-refractivity contribution in [2.45, 2.75) is 26.4 Å². The van der Waals surface area contributed by atoms with Crippen LogP contribution in [0.1, 0.15) is 20.3 Å². The Morgan fingerprint density at radius 1 is 1.82 bits per heavy atom. The highest BCUT2D eigenvalue weighted by molar-refractivity contribution is 5.80. The zero-order chi connectivity index (χ0) is 9.07. The third kappa shape index (κ3) is 2.84. The first-order chi connectivity index (χ1) is 4.92. The van der Waals surface area contributed by atoms with E-state index in [1.807, 2.05) is 0 Å². The van der Waals surface area contributed by atoms with Gasteiger partial charge in [0, 0.05) is 0 Å². The topological polar surface area (TPSA) is 63.3 Å². The molecule has 4 heteroatoms. The molecule has 0 bridgehead atoms. The summed E-state index contributed by atoms with van der Waals surface area (Å²) in [7, 11) is 0. The monoisotopic (exact) mass is 163 g/mol. The van der Waals surface area contributed by atoms with Gasteiger partial charge in [-0.1, -0.05) is 0 Å². The molecule has 0 rings (SSSR count). The zero-order valence-corrected chi connectivity index (χ0v) is 6.80. The van der Waals surface area contributed by atoms with Crippen LogP contribution in [0.2, 0.25) is 0 Å². The predicted molar refractivity (Wildman–Crippen MR) is 39.6 cm³/mol. The summed E-state index contributed by atoms with van der Waals surface area (Å²) >= 11 is 0. The van der Waals surface area contributed by atoms with Crippen LogP contribution in [0.5, 0.6) is 0 Å². The number of carbonyl (C=O) groups excluding carboxylic acids is 1. The maximum absolute atomic E-state index is 12.4. The Balaban J connectivity index is 4.22. The summed E-state index contributed by atoms with van der Waals surface area (Å²) in [5, 5.41) is 8.74. The van der Waals surface area contributed by atoms with Crippen molar-refractivity contribution in [3.63, 3.8) is 0 Å². The highest BCUT2D eigenvalue weighted by atomic mass is 19.1. The highest BCUT2D eigenvalue weighted by Gasteiger charge is 2.32. The number of aliphatic hydroxyl groups excluding tert-OH is 1. The number of alkyl halides is 1. The average molecular weight is 163 g/mol. The third-order valence-electron chi connectivity index (χ3n) is 1.68. The van der Waals surface area contributed by atoms with E-state index in [9.17, 15) is 9.18 Å². The van der Waals surface area contributed by atoms with Crippen molar-refractivity contribution >= 4 is 5.91 Å². The number of hydrogen-bond donors (Lipinski definition) is 2. The molecule has 1 amide bonds. The first-order valence-corrected chi connectivity index (χ1v) is 3.47. The number of rotatable bonds is 4. The van der Waals surface area contributed by atoms with Gasteiger partial charge in [-0.15, -0.1) is 0 Å². The molecule has 0 radical (unpaired) electrons. The number of primary amides is 1. The Morgan fingerprint density at radius 3 is 2.36 bits per heavy atom. The molecule has 3 nitrogen and oxygen atoms in total.